The van der Waals surface area contributed by atoms with Gasteiger partial charge in [0, 0.05) is 23.5 Å². The third-order valence-electron chi connectivity index (χ3n) is 4.74. The van der Waals surface area contributed by atoms with Crippen molar-refractivity contribution in [3.05, 3.63) is 39.9 Å². The summed E-state index contributed by atoms with van der Waals surface area (Å²) < 4.78 is 5.46. The van der Waals surface area contributed by atoms with Crippen molar-refractivity contribution < 1.29 is 9.53 Å². The molecule has 4 rings (SSSR count). The second-order valence-electron chi connectivity index (χ2n) is 6.35. The number of hydrogen-bond donors (Lipinski definition) is 1. The number of rotatable bonds is 4. The van der Waals surface area contributed by atoms with E-state index < -0.39 is 0 Å². The van der Waals surface area contributed by atoms with E-state index in [0.29, 0.717) is 6.54 Å². The molecular weight excluding hydrogens is 322 g/mol. The standard InChI is InChI=1S/C18H21N3O2S/c1-23-15-6-2-4-12-8-9-21(10-13(12)15)11-17(22)20-18-19-14-5-3-7-16(14)24-18/h2,4,6H,3,5,7-11H2,1H3,(H,19,20,22). The first-order chi connectivity index (χ1) is 11.7. The van der Waals surface area contributed by atoms with Gasteiger partial charge >= 0.3 is 0 Å². The first kappa shape index (κ1) is 15.6. The summed E-state index contributed by atoms with van der Waals surface area (Å²) in [5.74, 6) is 0.926. The number of carbonyl (C=O) groups excluding carboxylic acids is 1. The number of fused-ring (bicyclic) bond motifs is 2. The third kappa shape index (κ3) is 3.03. The van der Waals surface area contributed by atoms with E-state index in [4.69, 9.17) is 4.74 Å². The van der Waals surface area contributed by atoms with Gasteiger partial charge in [0.05, 0.1) is 19.3 Å². The van der Waals surface area contributed by atoms with Crippen LogP contribution in [0.15, 0.2) is 18.2 Å². The summed E-state index contributed by atoms with van der Waals surface area (Å²) in [4.78, 5) is 20.4. The van der Waals surface area contributed by atoms with Crippen LogP contribution in [0, 0.1) is 0 Å². The monoisotopic (exact) mass is 343 g/mol. The zero-order valence-corrected chi connectivity index (χ0v) is 14.6. The lowest BCUT2D eigenvalue weighted by Gasteiger charge is -2.29. The lowest BCUT2D eigenvalue weighted by Crippen LogP contribution is -2.37. The molecule has 0 spiro atoms. The van der Waals surface area contributed by atoms with Gasteiger partial charge in [0.1, 0.15) is 5.75 Å². The van der Waals surface area contributed by atoms with Crippen molar-refractivity contribution in [2.75, 3.05) is 25.5 Å². The molecule has 1 aliphatic heterocycles. The van der Waals surface area contributed by atoms with Crippen molar-refractivity contribution in [2.24, 2.45) is 0 Å². The largest absolute Gasteiger partial charge is 0.496 e. The van der Waals surface area contributed by atoms with Gasteiger partial charge in [-0.1, -0.05) is 12.1 Å². The molecule has 24 heavy (non-hydrogen) atoms. The van der Waals surface area contributed by atoms with E-state index >= 15 is 0 Å². The Kier molecular flexibility index (Phi) is 4.24. The number of aryl methyl sites for hydroxylation is 2. The highest BCUT2D eigenvalue weighted by atomic mass is 32.1. The fraction of sp³-hybridized carbons (Fsp3) is 0.444. The van der Waals surface area contributed by atoms with Crippen molar-refractivity contribution in [1.82, 2.24) is 9.88 Å². The number of thiazole rings is 1. The normalized spacial score (nSPS) is 16.5. The number of ether oxygens (including phenoxy) is 1. The van der Waals surface area contributed by atoms with E-state index in [-0.39, 0.29) is 5.91 Å². The number of carbonyl (C=O) groups is 1. The maximum Gasteiger partial charge on any atom is 0.240 e. The van der Waals surface area contributed by atoms with Crippen LogP contribution >= 0.6 is 11.3 Å². The Morgan fingerprint density at radius 2 is 2.29 bits per heavy atom. The van der Waals surface area contributed by atoms with Crippen LogP contribution in [0.25, 0.3) is 0 Å². The van der Waals surface area contributed by atoms with Gasteiger partial charge in [0.15, 0.2) is 5.13 Å². The molecule has 5 nitrogen and oxygen atoms in total. The molecule has 2 heterocycles. The molecule has 0 unspecified atom stereocenters. The fourth-order valence-corrected chi connectivity index (χ4v) is 4.60. The zero-order valence-electron chi connectivity index (χ0n) is 13.8. The fourth-order valence-electron chi connectivity index (χ4n) is 3.54. The maximum atomic E-state index is 12.4. The Morgan fingerprint density at radius 3 is 3.12 bits per heavy atom. The SMILES string of the molecule is COc1cccc2c1CN(CC(=O)Nc1nc3c(s1)CCC3)CC2. The first-order valence-corrected chi connectivity index (χ1v) is 9.20. The average molecular weight is 343 g/mol. The molecule has 6 heteroatoms. The second-order valence-corrected chi connectivity index (χ2v) is 7.43. The molecule has 0 fully saturated rings. The van der Waals surface area contributed by atoms with Gasteiger partial charge < -0.3 is 10.1 Å². The van der Waals surface area contributed by atoms with Gasteiger partial charge in [-0.2, -0.15) is 0 Å². The minimum atomic E-state index is 0.0146. The van der Waals surface area contributed by atoms with E-state index in [1.807, 2.05) is 12.1 Å². The van der Waals surface area contributed by atoms with Crippen molar-refractivity contribution in [3.63, 3.8) is 0 Å². The minimum absolute atomic E-state index is 0.0146. The molecule has 0 atom stereocenters. The van der Waals surface area contributed by atoms with E-state index in [0.717, 1.165) is 43.2 Å². The summed E-state index contributed by atoms with van der Waals surface area (Å²) in [7, 11) is 1.70. The third-order valence-corrected chi connectivity index (χ3v) is 5.81. The number of amides is 1. The Labute approximate surface area is 145 Å². The molecule has 0 saturated heterocycles. The number of aromatic nitrogens is 1. The van der Waals surface area contributed by atoms with Crippen LogP contribution in [-0.2, 0) is 30.6 Å². The average Bonchev–Trinajstić information content (AvgIpc) is 3.15. The minimum Gasteiger partial charge on any atom is -0.496 e. The summed E-state index contributed by atoms with van der Waals surface area (Å²) in [5.41, 5.74) is 3.70. The van der Waals surface area contributed by atoms with Gasteiger partial charge in [-0.25, -0.2) is 4.98 Å². The van der Waals surface area contributed by atoms with E-state index in [2.05, 4.69) is 21.3 Å². The van der Waals surface area contributed by atoms with Crippen LogP contribution < -0.4 is 10.1 Å². The van der Waals surface area contributed by atoms with E-state index in [9.17, 15) is 4.79 Å². The highest BCUT2D eigenvalue weighted by molar-refractivity contribution is 7.15. The van der Waals surface area contributed by atoms with Crippen LogP contribution in [-0.4, -0.2) is 36.0 Å². The lowest BCUT2D eigenvalue weighted by molar-refractivity contribution is -0.117. The molecular formula is C18H21N3O2S. The molecule has 1 aliphatic carbocycles. The molecule has 2 aliphatic rings. The number of benzene rings is 1. The number of anilines is 1. The predicted octanol–water partition coefficient (Wildman–Crippen LogP) is 2.64. The van der Waals surface area contributed by atoms with E-state index in [1.165, 1.54) is 28.1 Å². The van der Waals surface area contributed by atoms with Crippen LogP contribution in [0.4, 0.5) is 5.13 Å². The molecule has 126 valence electrons. The molecule has 1 aromatic carbocycles. The molecule has 1 N–H and O–H groups in total. The van der Waals surface area contributed by atoms with Crippen LogP contribution in [0.5, 0.6) is 5.75 Å². The van der Waals surface area contributed by atoms with Gasteiger partial charge in [-0.15, -0.1) is 11.3 Å². The van der Waals surface area contributed by atoms with Gasteiger partial charge in [0.2, 0.25) is 5.91 Å². The Bertz CT molecular complexity index is 736. The van der Waals surface area contributed by atoms with Crippen molar-refractivity contribution in [2.45, 2.75) is 32.2 Å². The summed E-state index contributed by atoms with van der Waals surface area (Å²) in [6.07, 6.45) is 4.29. The smallest absolute Gasteiger partial charge is 0.240 e. The maximum absolute atomic E-state index is 12.4. The second kappa shape index (κ2) is 6.53. The number of nitrogens with one attached hydrogen (secondary N) is 1. The summed E-state index contributed by atoms with van der Waals surface area (Å²) in [6.45, 7) is 2.03. The molecule has 0 bridgehead atoms. The lowest BCUT2D eigenvalue weighted by atomic mass is 9.99. The topological polar surface area (TPSA) is 54.5 Å². The highest BCUT2D eigenvalue weighted by Gasteiger charge is 2.22. The number of methoxy groups -OCH3 is 1. The van der Waals surface area contributed by atoms with Crippen LogP contribution in [0.3, 0.4) is 0 Å². The zero-order chi connectivity index (χ0) is 16.5. The van der Waals surface area contributed by atoms with Crippen molar-refractivity contribution in [3.8, 4) is 5.75 Å². The molecule has 0 saturated carbocycles. The van der Waals surface area contributed by atoms with Crippen LogP contribution in [0.1, 0.15) is 28.1 Å². The van der Waals surface area contributed by atoms with Gasteiger partial charge in [-0.3, -0.25) is 9.69 Å². The number of hydrogen-bond acceptors (Lipinski definition) is 5. The highest BCUT2D eigenvalue weighted by Crippen LogP contribution is 2.31. The summed E-state index contributed by atoms with van der Waals surface area (Å²) in [6, 6.07) is 6.16. The van der Waals surface area contributed by atoms with Gasteiger partial charge in [-0.05, 0) is 37.3 Å². The Balaban J connectivity index is 1.39. The number of nitrogens with zero attached hydrogens (tertiary/aromatic N) is 2. The molecule has 0 radical (unpaired) electrons. The quantitative estimate of drug-likeness (QED) is 0.927. The Morgan fingerprint density at radius 1 is 1.38 bits per heavy atom. The molecule has 1 aromatic heterocycles. The van der Waals surface area contributed by atoms with E-state index in [1.54, 1.807) is 18.4 Å². The summed E-state index contributed by atoms with van der Waals surface area (Å²) >= 11 is 1.63. The molecule has 2 aromatic rings. The van der Waals surface area contributed by atoms with Gasteiger partial charge in [0.25, 0.3) is 0 Å². The Hall–Kier alpha value is -1.92. The molecule has 1 amide bonds. The van der Waals surface area contributed by atoms with Crippen LogP contribution in [0.2, 0.25) is 0 Å². The van der Waals surface area contributed by atoms with Crippen molar-refractivity contribution in [1.29, 1.82) is 0 Å². The predicted molar refractivity (Wildman–Crippen MR) is 94.7 cm³/mol. The first-order valence-electron chi connectivity index (χ1n) is 8.38. The van der Waals surface area contributed by atoms with Crippen molar-refractivity contribution >= 4 is 22.4 Å². The summed E-state index contributed by atoms with van der Waals surface area (Å²) in [5, 5.41) is 3.72.